The van der Waals surface area contributed by atoms with E-state index in [1.165, 1.54) is 0 Å². The molecule has 0 radical (unpaired) electrons. The van der Waals surface area contributed by atoms with E-state index < -0.39 is 6.29 Å². The molecule has 0 spiro atoms. The zero-order chi connectivity index (χ0) is 13.1. The van der Waals surface area contributed by atoms with Crippen molar-refractivity contribution >= 4 is 0 Å². The van der Waals surface area contributed by atoms with Crippen LogP contribution in [0.3, 0.4) is 0 Å². The van der Waals surface area contributed by atoms with E-state index in [2.05, 4.69) is 19.7 Å². The van der Waals surface area contributed by atoms with Crippen molar-refractivity contribution in [3.05, 3.63) is 38.0 Å². The molecule has 0 saturated carbocycles. The first-order valence-electron chi connectivity index (χ1n) is 5.09. The minimum absolute atomic E-state index is 0.486. The van der Waals surface area contributed by atoms with Crippen molar-refractivity contribution in [1.82, 2.24) is 0 Å². The molecular weight excluding hydrogens is 188 g/mol. The van der Waals surface area contributed by atoms with Crippen LogP contribution in [0, 0.1) is 0 Å². The normalized spacial score (nSPS) is 6.60. The lowest BCUT2D eigenvalue weighted by atomic mass is 10.3. The second-order valence-corrected chi connectivity index (χ2v) is 2.49. The van der Waals surface area contributed by atoms with Gasteiger partial charge in [-0.2, -0.15) is 0 Å². The number of hydrogen-bond donors (Lipinski definition) is 2. The molecular formula is C13H28O2. The quantitative estimate of drug-likeness (QED) is 0.546. The van der Waals surface area contributed by atoms with Gasteiger partial charge in [-0.3, -0.25) is 0 Å². The first kappa shape index (κ1) is 23.7. The Morgan fingerprint density at radius 1 is 0.933 bits per heavy atom. The van der Waals surface area contributed by atoms with E-state index in [1.807, 2.05) is 27.7 Å². The van der Waals surface area contributed by atoms with Crippen molar-refractivity contribution in [2.75, 3.05) is 0 Å². The van der Waals surface area contributed by atoms with E-state index in [4.69, 9.17) is 10.2 Å². The third-order valence-electron chi connectivity index (χ3n) is 0.547. The summed E-state index contributed by atoms with van der Waals surface area (Å²) in [7, 11) is 0. The van der Waals surface area contributed by atoms with Crippen molar-refractivity contribution in [2.24, 2.45) is 0 Å². The Kier molecular flexibility index (Phi) is 60.1. The molecule has 0 aromatic heterocycles. The van der Waals surface area contributed by atoms with E-state index >= 15 is 0 Å². The Hall–Kier alpha value is -0.860. The van der Waals surface area contributed by atoms with Gasteiger partial charge in [0.2, 0.25) is 0 Å². The average Bonchev–Trinajstić information content (AvgIpc) is 2.07. The molecule has 2 heteroatoms. The molecule has 92 valence electrons. The van der Waals surface area contributed by atoms with Crippen LogP contribution in [-0.2, 0) is 0 Å². The van der Waals surface area contributed by atoms with E-state index in [-0.39, 0.29) is 0 Å². The fourth-order valence-electron chi connectivity index (χ4n) is 0.258. The maximum absolute atomic E-state index is 8.11. The number of rotatable bonds is 2. The van der Waals surface area contributed by atoms with E-state index in [9.17, 15) is 0 Å². The van der Waals surface area contributed by atoms with Gasteiger partial charge < -0.3 is 10.2 Å². The molecule has 0 heterocycles. The van der Waals surface area contributed by atoms with Gasteiger partial charge in [-0.1, -0.05) is 31.6 Å². The zero-order valence-electron chi connectivity index (χ0n) is 10.7. The van der Waals surface area contributed by atoms with Crippen molar-refractivity contribution in [3.8, 4) is 0 Å². The summed E-state index contributed by atoms with van der Waals surface area (Å²) in [4.78, 5) is 0. The molecule has 0 aliphatic carbocycles. The lowest BCUT2D eigenvalue weighted by Gasteiger charge is -1.94. The summed E-state index contributed by atoms with van der Waals surface area (Å²) in [5, 5.41) is 16.2. The monoisotopic (exact) mass is 216 g/mol. The Morgan fingerprint density at radius 2 is 1.13 bits per heavy atom. The number of hydrogen-bond acceptors (Lipinski definition) is 2. The molecule has 0 saturated heterocycles. The third kappa shape index (κ3) is 356. The maximum Gasteiger partial charge on any atom is 0.151 e. The molecule has 0 amide bonds. The van der Waals surface area contributed by atoms with Gasteiger partial charge in [-0.25, -0.2) is 0 Å². The van der Waals surface area contributed by atoms with Crippen LogP contribution < -0.4 is 0 Å². The van der Waals surface area contributed by atoms with Gasteiger partial charge in [0.1, 0.15) is 0 Å². The van der Waals surface area contributed by atoms with Crippen molar-refractivity contribution in [1.29, 1.82) is 0 Å². The van der Waals surface area contributed by atoms with Crippen molar-refractivity contribution in [2.45, 2.75) is 46.8 Å². The third-order valence-corrected chi connectivity index (χ3v) is 0.547. The van der Waals surface area contributed by atoms with Gasteiger partial charge in [-0.05, 0) is 27.2 Å². The van der Waals surface area contributed by atoms with Gasteiger partial charge in [-0.15, -0.1) is 19.7 Å². The maximum atomic E-state index is 8.11. The average molecular weight is 216 g/mol. The second kappa shape index (κ2) is 38.0. The van der Waals surface area contributed by atoms with Crippen molar-refractivity contribution in [3.63, 3.8) is 0 Å². The van der Waals surface area contributed by atoms with Crippen molar-refractivity contribution < 1.29 is 10.2 Å². The number of allylic oxidation sites excluding steroid dienone is 3. The minimum Gasteiger partial charge on any atom is -0.368 e. The minimum atomic E-state index is -1.10. The molecule has 0 aromatic rings. The summed E-state index contributed by atoms with van der Waals surface area (Å²) in [5.41, 5.74) is 0. The molecule has 15 heavy (non-hydrogen) atoms. The van der Waals surface area contributed by atoms with E-state index in [0.717, 1.165) is 6.42 Å². The lowest BCUT2D eigenvalue weighted by molar-refractivity contribution is -0.0453. The molecule has 0 aliphatic heterocycles. The SMILES string of the molecule is C=CC.C=CC.C=CC.CCCC(O)O. The number of aliphatic hydroxyl groups excluding tert-OH is 1. The number of aliphatic hydroxyl groups is 2. The first-order valence-corrected chi connectivity index (χ1v) is 5.09. The van der Waals surface area contributed by atoms with Gasteiger partial charge in [0, 0.05) is 0 Å². The van der Waals surface area contributed by atoms with Crippen LogP contribution in [0.25, 0.3) is 0 Å². The Morgan fingerprint density at radius 3 is 1.13 bits per heavy atom. The predicted octanol–water partition coefficient (Wildman–Crippen LogP) is 3.67. The highest BCUT2D eigenvalue weighted by Gasteiger charge is 1.89. The Bertz CT molecular complexity index is 92.8. The van der Waals surface area contributed by atoms with Crippen LogP contribution in [0.2, 0.25) is 0 Å². The molecule has 0 aliphatic rings. The standard InChI is InChI=1S/C4H10O2.3C3H6/c1-2-3-4(5)6;3*1-3-2/h4-6H,2-3H2,1H3;3*3H,1H2,2H3. The molecule has 0 aromatic carbocycles. The van der Waals surface area contributed by atoms with Crippen LogP contribution in [-0.4, -0.2) is 16.5 Å². The highest BCUT2D eigenvalue weighted by atomic mass is 16.5. The van der Waals surface area contributed by atoms with Crippen LogP contribution >= 0.6 is 0 Å². The van der Waals surface area contributed by atoms with Crippen LogP contribution in [0.5, 0.6) is 0 Å². The first-order chi connectivity index (χ1) is 7.01. The van der Waals surface area contributed by atoms with E-state index in [0.29, 0.717) is 6.42 Å². The van der Waals surface area contributed by atoms with Gasteiger partial charge >= 0.3 is 0 Å². The Balaban J connectivity index is -0.0000000581. The van der Waals surface area contributed by atoms with Gasteiger partial charge in [0.05, 0.1) is 0 Å². The molecule has 2 N–H and O–H groups in total. The summed E-state index contributed by atoms with van der Waals surface area (Å²) in [6, 6.07) is 0. The fourth-order valence-corrected chi connectivity index (χ4v) is 0.258. The predicted molar refractivity (Wildman–Crippen MR) is 70.7 cm³/mol. The fraction of sp³-hybridized carbons (Fsp3) is 0.538. The topological polar surface area (TPSA) is 40.5 Å². The molecule has 0 atom stereocenters. The van der Waals surface area contributed by atoms with Gasteiger partial charge in [0.25, 0.3) is 0 Å². The van der Waals surface area contributed by atoms with E-state index in [1.54, 1.807) is 18.2 Å². The van der Waals surface area contributed by atoms with Crippen LogP contribution in [0.4, 0.5) is 0 Å². The molecule has 2 nitrogen and oxygen atoms in total. The molecule has 0 unspecified atom stereocenters. The highest BCUT2D eigenvalue weighted by molar-refractivity contribution is 4.52. The largest absolute Gasteiger partial charge is 0.368 e. The summed E-state index contributed by atoms with van der Waals surface area (Å²) in [5.74, 6) is 0. The summed E-state index contributed by atoms with van der Waals surface area (Å²) < 4.78 is 0. The lowest BCUT2D eigenvalue weighted by Crippen LogP contribution is -2.01. The van der Waals surface area contributed by atoms with Crippen LogP contribution in [0.15, 0.2) is 38.0 Å². The summed E-state index contributed by atoms with van der Waals surface area (Å²) in [6.07, 6.45) is 5.47. The highest BCUT2D eigenvalue weighted by Crippen LogP contribution is 1.88. The molecule has 0 bridgehead atoms. The second-order valence-electron chi connectivity index (χ2n) is 2.49. The molecule has 0 fully saturated rings. The molecule has 0 rings (SSSR count). The summed E-state index contributed by atoms with van der Waals surface area (Å²) in [6.45, 7) is 17.7. The van der Waals surface area contributed by atoms with Crippen LogP contribution in [0.1, 0.15) is 40.5 Å². The summed E-state index contributed by atoms with van der Waals surface area (Å²) >= 11 is 0. The smallest absolute Gasteiger partial charge is 0.151 e. The Labute approximate surface area is 95.7 Å². The zero-order valence-corrected chi connectivity index (χ0v) is 10.7. The van der Waals surface area contributed by atoms with Gasteiger partial charge in [0.15, 0.2) is 6.29 Å².